The van der Waals surface area contributed by atoms with Crippen LogP contribution in [0.5, 0.6) is 11.5 Å². The zero-order chi connectivity index (χ0) is 15.4. The predicted octanol–water partition coefficient (Wildman–Crippen LogP) is 4.54. The maximum atomic E-state index is 6.20. The molecule has 21 heavy (non-hydrogen) atoms. The molecule has 0 radical (unpaired) electrons. The Hall–Kier alpha value is -1.52. The molecular weight excluding hydrogens is 306 g/mol. The first-order valence-corrected chi connectivity index (χ1v) is 7.81. The first-order valence-electron chi connectivity index (χ1n) is 6.45. The first-order chi connectivity index (χ1) is 10.1. The fourth-order valence-electron chi connectivity index (χ4n) is 2.01. The Morgan fingerprint density at radius 1 is 1.14 bits per heavy atom. The lowest BCUT2D eigenvalue weighted by Crippen LogP contribution is -1.95. The van der Waals surface area contributed by atoms with Crippen molar-refractivity contribution in [2.24, 2.45) is 0 Å². The van der Waals surface area contributed by atoms with Crippen LogP contribution in [0.2, 0.25) is 5.02 Å². The van der Waals surface area contributed by atoms with Crippen molar-refractivity contribution in [1.82, 2.24) is 0 Å². The summed E-state index contributed by atoms with van der Waals surface area (Å²) in [6.07, 6.45) is 0. The number of hydrogen-bond donors (Lipinski definition) is 1. The summed E-state index contributed by atoms with van der Waals surface area (Å²) in [5.41, 5.74) is 8.98. The van der Waals surface area contributed by atoms with Crippen LogP contribution >= 0.6 is 23.4 Å². The summed E-state index contributed by atoms with van der Waals surface area (Å²) in [7, 11) is 3.27. The van der Waals surface area contributed by atoms with Crippen LogP contribution in [-0.2, 0) is 5.75 Å². The molecule has 0 unspecified atom stereocenters. The molecule has 5 heteroatoms. The summed E-state index contributed by atoms with van der Waals surface area (Å²) < 4.78 is 10.6. The average molecular weight is 324 g/mol. The molecule has 0 atom stereocenters. The van der Waals surface area contributed by atoms with Gasteiger partial charge in [0.2, 0.25) is 0 Å². The van der Waals surface area contributed by atoms with E-state index in [-0.39, 0.29) is 0 Å². The van der Waals surface area contributed by atoms with Crippen molar-refractivity contribution in [2.75, 3.05) is 20.0 Å². The highest BCUT2D eigenvalue weighted by atomic mass is 35.5. The molecular formula is C16H18ClNO2S. The number of nitrogen functional groups attached to an aromatic ring is 1. The maximum absolute atomic E-state index is 6.20. The van der Waals surface area contributed by atoms with Gasteiger partial charge in [0, 0.05) is 16.3 Å². The standard InChI is InChI=1S/C16H18ClNO2S/c1-10-7-14(19-2)15(20-3)8-11(10)9-21-16-12(17)5-4-6-13(16)18/h4-8H,9,18H2,1-3H3. The van der Waals surface area contributed by atoms with Crippen LogP contribution in [0, 0.1) is 6.92 Å². The second-order valence-electron chi connectivity index (χ2n) is 4.58. The van der Waals surface area contributed by atoms with Crippen LogP contribution < -0.4 is 15.2 Å². The molecule has 2 N–H and O–H groups in total. The minimum absolute atomic E-state index is 0.679. The van der Waals surface area contributed by atoms with Gasteiger partial charge >= 0.3 is 0 Å². The third-order valence-corrected chi connectivity index (χ3v) is 4.84. The summed E-state index contributed by atoms with van der Waals surface area (Å²) in [6, 6.07) is 9.53. The van der Waals surface area contributed by atoms with Gasteiger partial charge in [-0.25, -0.2) is 0 Å². The van der Waals surface area contributed by atoms with Gasteiger partial charge in [-0.2, -0.15) is 0 Å². The predicted molar refractivity (Wildman–Crippen MR) is 89.7 cm³/mol. The first kappa shape index (κ1) is 15.9. The number of thioether (sulfide) groups is 1. The quantitative estimate of drug-likeness (QED) is 0.648. The Balaban J connectivity index is 2.24. The van der Waals surface area contributed by atoms with Crippen molar-refractivity contribution in [2.45, 2.75) is 17.6 Å². The molecule has 3 nitrogen and oxygen atoms in total. The fourth-order valence-corrected chi connectivity index (χ4v) is 3.40. The number of anilines is 1. The minimum atomic E-state index is 0.679. The molecule has 0 aromatic heterocycles. The highest BCUT2D eigenvalue weighted by molar-refractivity contribution is 7.98. The summed E-state index contributed by atoms with van der Waals surface area (Å²) in [5.74, 6) is 2.23. The molecule has 0 saturated carbocycles. The number of aryl methyl sites for hydroxylation is 1. The van der Waals surface area contributed by atoms with Crippen LogP contribution in [0.25, 0.3) is 0 Å². The van der Waals surface area contributed by atoms with Crippen LogP contribution in [0.15, 0.2) is 35.2 Å². The van der Waals surface area contributed by atoms with E-state index in [1.807, 2.05) is 37.3 Å². The van der Waals surface area contributed by atoms with Gasteiger partial charge in [-0.05, 0) is 42.3 Å². The second-order valence-corrected chi connectivity index (χ2v) is 5.97. The highest BCUT2D eigenvalue weighted by Gasteiger charge is 2.11. The Bertz CT molecular complexity index is 626. The number of halogens is 1. The molecule has 2 rings (SSSR count). The summed E-state index contributed by atoms with van der Waals surface area (Å²) in [4.78, 5) is 0.911. The van der Waals surface area contributed by atoms with E-state index in [0.29, 0.717) is 10.7 Å². The Morgan fingerprint density at radius 3 is 2.43 bits per heavy atom. The van der Waals surface area contributed by atoms with E-state index in [2.05, 4.69) is 0 Å². The SMILES string of the molecule is COc1cc(C)c(CSc2c(N)cccc2Cl)cc1OC. The lowest BCUT2D eigenvalue weighted by atomic mass is 10.1. The Kier molecular flexibility index (Phi) is 5.26. The van der Waals surface area contributed by atoms with Gasteiger partial charge in [0.1, 0.15) is 0 Å². The number of ether oxygens (including phenoxy) is 2. The van der Waals surface area contributed by atoms with Gasteiger partial charge in [0.15, 0.2) is 11.5 Å². The van der Waals surface area contributed by atoms with E-state index in [0.717, 1.165) is 33.3 Å². The second kappa shape index (κ2) is 6.96. The van der Waals surface area contributed by atoms with Crippen molar-refractivity contribution in [3.63, 3.8) is 0 Å². The largest absolute Gasteiger partial charge is 0.493 e. The molecule has 0 aliphatic heterocycles. The molecule has 0 saturated heterocycles. The monoisotopic (exact) mass is 323 g/mol. The van der Waals surface area contributed by atoms with Crippen molar-refractivity contribution < 1.29 is 9.47 Å². The van der Waals surface area contributed by atoms with Gasteiger partial charge in [-0.3, -0.25) is 0 Å². The number of benzene rings is 2. The lowest BCUT2D eigenvalue weighted by Gasteiger charge is -2.13. The van der Waals surface area contributed by atoms with Crippen LogP contribution in [0.4, 0.5) is 5.69 Å². The molecule has 0 bridgehead atoms. The van der Waals surface area contributed by atoms with E-state index in [1.54, 1.807) is 26.0 Å². The highest BCUT2D eigenvalue weighted by Crippen LogP contribution is 2.37. The molecule has 0 heterocycles. The molecule has 112 valence electrons. The number of hydrogen-bond acceptors (Lipinski definition) is 4. The number of rotatable bonds is 5. The van der Waals surface area contributed by atoms with E-state index in [9.17, 15) is 0 Å². The Morgan fingerprint density at radius 2 is 1.81 bits per heavy atom. The normalized spacial score (nSPS) is 10.5. The minimum Gasteiger partial charge on any atom is -0.493 e. The summed E-state index contributed by atoms with van der Waals surface area (Å²) in [6.45, 7) is 2.05. The summed E-state index contributed by atoms with van der Waals surface area (Å²) >= 11 is 7.82. The third kappa shape index (κ3) is 3.57. The molecule has 0 aliphatic rings. The smallest absolute Gasteiger partial charge is 0.161 e. The zero-order valence-electron chi connectivity index (χ0n) is 12.3. The number of nitrogens with two attached hydrogens (primary N) is 1. The van der Waals surface area contributed by atoms with Crippen molar-refractivity contribution in [1.29, 1.82) is 0 Å². The van der Waals surface area contributed by atoms with E-state index in [4.69, 9.17) is 26.8 Å². The molecule has 0 fully saturated rings. The van der Waals surface area contributed by atoms with Gasteiger partial charge < -0.3 is 15.2 Å². The fraction of sp³-hybridized carbons (Fsp3) is 0.250. The van der Waals surface area contributed by atoms with Gasteiger partial charge in [0.05, 0.1) is 19.2 Å². The third-order valence-electron chi connectivity index (χ3n) is 3.21. The molecule has 0 aliphatic carbocycles. The van der Waals surface area contributed by atoms with E-state index in [1.165, 1.54) is 0 Å². The van der Waals surface area contributed by atoms with E-state index >= 15 is 0 Å². The average Bonchev–Trinajstić information content (AvgIpc) is 2.47. The zero-order valence-corrected chi connectivity index (χ0v) is 13.8. The topological polar surface area (TPSA) is 44.5 Å². The van der Waals surface area contributed by atoms with E-state index < -0.39 is 0 Å². The number of methoxy groups -OCH3 is 2. The Labute approximate surface area is 134 Å². The van der Waals surface area contributed by atoms with Crippen LogP contribution in [-0.4, -0.2) is 14.2 Å². The molecule has 2 aromatic rings. The summed E-state index contributed by atoms with van der Waals surface area (Å²) in [5, 5.41) is 0.679. The maximum Gasteiger partial charge on any atom is 0.161 e. The lowest BCUT2D eigenvalue weighted by molar-refractivity contribution is 0.354. The van der Waals surface area contributed by atoms with Crippen LogP contribution in [0.3, 0.4) is 0 Å². The van der Waals surface area contributed by atoms with Crippen molar-refractivity contribution >= 4 is 29.1 Å². The van der Waals surface area contributed by atoms with Crippen molar-refractivity contribution in [3.8, 4) is 11.5 Å². The van der Waals surface area contributed by atoms with Gasteiger partial charge in [-0.1, -0.05) is 17.7 Å². The van der Waals surface area contributed by atoms with Gasteiger partial charge in [-0.15, -0.1) is 11.8 Å². The van der Waals surface area contributed by atoms with Crippen LogP contribution in [0.1, 0.15) is 11.1 Å². The van der Waals surface area contributed by atoms with Gasteiger partial charge in [0.25, 0.3) is 0 Å². The van der Waals surface area contributed by atoms with Crippen molar-refractivity contribution in [3.05, 3.63) is 46.5 Å². The molecule has 0 spiro atoms. The molecule has 2 aromatic carbocycles. The molecule has 0 amide bonds.